The molecule has 6 heteroatoms. The predicted molar refractivity (Wildman–Crippen MR) is 89.7 cm³/mol. The third-order valence-corrected chi connectivity index (χ3v) is 4.13. The minimum absolute atomic E-state index is 0.0254. The molecule has 0 aromatic carbocycles. The number of carbonyl (C=O) groups excluding carboxylic acids is 1. The summed E-state index contributed by atoms with van der Waals surface area (Å²) in [5.74, 6) is 0.0254. The maximum Gasteiger partial charge on any atom is 0.255 e. The first-order valence-electron chi connectivity index (χ1n) is 8.22. The monoisotopic (exact) mass is 326 g/mol. The number of amides is 1. The zero-order valence-electron chi connectivity index (χ0n) is 14.1. The molecular formula is C18H22N4O2. The first kappa shape index (κ1) is 16.5. The van der Waals surface area contributed by atoms with Crippen LogP contribution in [0.2, 0.25) is 0 Å². The molecule has 3 rings (SSSR count). The molecule has 24 heavy (non-hydrogen) atoms. The summed E-state index contributed by atoms with van der Waals surface area (Å²) in [5, 5.41) is 0. The fourth-order valence-electron chi connectivity index (χ4n) is 2.89. The Balaban J connectivity index is 1.59. The van der Waals surface area contributed by atoms with Gasteiger partial charge >= 0.3 is 0 Å². The van der Waals surface area contributed by atoms with Crippen molar-refractivity contribution in [3.8, 4) is 0 Å². The van der Waals surface area contributed by atoms with Gasteiger partial charge in [0.1, 0.15) is 6.33 Å². The van der Waals surface area contributed by atoms with Crippen molar-refractivity contribution in [2.45, 2.75) is 32.8 Å². The second-order valence-corrected chi connectivity index (χ2v) is 6.18. The highest BCUT2D eigenvalue weighted by Gasteiger charge is 2.25. The molecule has 126 valence electrons. The molecule has 1 aliphatic rings. The predicted octanol–water partition coefficient (Wildman–Crippen LogP) is 1.96. The Morgan fingerprint density at radius 2 is 2.17 bits per heavy atom. The van der Waals surface area contributed by atoms with Gasteiger partial charge in [-0.2, -0.15) is 0 Å². The average Bonchev–Trinajstić information content (AvgIpc) is 2.60. The lowest BCUT2D eigenvalue weighted by molar-refractivity contribution is -0.0247. The van der Waals surface area contributed by atoms with Crippen molar-refractivity contribution in [3.63, 3.8) is 0 Å². The highest BCUT2D eigenvalue weighted by molar-refractivity contribution is 5.94. The van der Waals surface area contributed by atoms with Gasteiger partial charge in [-0.1, -0.05) is 0 Å². The molecule has 1 saturated heterocycles. The van der Waals surface area contributed by atoms with Gasteiger partial charge in [-0.25, -0.2) is 9.97 Å². The van der Waals surface area contributed by atoms with Crippen molar-refractivity contribution in [3.05, 3.63) is 53.4 Å². The number of aromatic nitrogens is 3. The van der Waals surface area contributed by atoms with E-state index in [1.807, 2.05) is 30.9 Å². The summed E-state index contributed by atoms with van der Waals surface area (Å²) in [7, 11) is 0. The van der Waals surface area contributed by atoms with E-state index >= 15 is 0 Å². The number of hydrogen-bond acceptors (Lipinski definition) is 5. The van der Waals surface area contributed by atoms with Crippen LogP contribution < -0.4 is 0 Å². The van der Waals surface area contributed by atoms with Crippen LogP contribution in [0.4, 0.5) is 0 Å². The van der Waals surface area contributed by atoms with Gasteiger partial charge in [0, 0.05) is 36.9 Å². The second kappa shape index (κ2) is 7.49. The van der Waals surface area contributed by atoms with E-state index in [0.29, 0.717) is 25.3 Å². The Bertz CT molecular complexity index is 720. The van der Waals surface area contributed by atoms with E-state index in [1.54, 1.807) is 18.7 Å². The van der Waals surface area contributed by atoms with Gasteiger partial charge in [0.2, 0.25) is 0 Å². The van der Waals surface area contributed by atoms with E-state index < -0.39 is 0 Å². The molecule has 0 aliphatic carbocycles. The molecule has 3 heterocycles. The van der Waals surface area contributed by atoms with E-state index in [0.717, 1.165) is 29.8 Å². The van der Waals surface area contributed by atoms with Gasteiger partial charge in [0.05, 0.1) is 18.3 Å². The number of nitrogens with zero attached hydrogens (tertiary/aromatic N) is 4. The van der Waals surface area contributed by atoms with Crippen molar-refractivity contribution in [2.24, 2.45) is 0 Å². The second-order valence-electron chi connectivity index (χ2n) is 6.18. The molecule has 2 aromatic rings. The summed E-state index contributed by atoms with van der Waals surface area (Å²) < 4.78 is 5.82. The van der Waals surface area contributed by atoms with Gasteiger partial charge in [-0.3, -0.25) is 9.78 Å². The molecule has 1 amide bonds. The Morgan fingerprint density at radius 3 is 2.96 bits per heavy atom. The van der Waals surface area contributed by atoms with Crippen LogP contribution in [-0.2, 0) is 11.2 Å². The molecule has 6 nitrogen and oxygen atoms in total. The maximum atomic E-state index is 12.6. The number of hydrogen-bond donors (Lipinski definition) is 0. The smallest absolute Gasteiger partial charge is 0.255 e. The summed E-state index contributed by atoms with van der Waals surface area (Å²) in [6.07, 6.45) is 6.67. The molecule has 0 unspecified atom stereocenters. The molecule has 2 aromatic heterocycles. The molecule has 0 spiro atoms. The zero-order valence-corrected chi connectivity index (χ0v) is 14.1. The van der Waals surface area contributed by atoms with Crippen LogP contribution in [0.1, 0.15) is 33.7 Å². The van der Waals surface area contributed by atoms with E-state index in [2.05, 4.69) is 15.0 Å². The molecular weight excluding hydrogens is 304 g/mol. The van der Waals surface area contributed by atoms with E-state index in [-0.39, 0.29) is 12.0 Å². The largest absolute Gasteiger partial charge is 0.375 e. The van der Waals surface area contributed by atoms with Crippen molar-refractivity contribution in [2.75, 3.05) is 19.7 Å². The first-order chi connectivity index (χ1) is 11.6. The standard InChI is InChI=1S/C18H22N4O2/c1-13-7-15(10-19-9-13)18(23)22-5-6-24-17(11-22)4-3-16-8-14(2)20-12-21-16/h7-10,12,17H,3-6,11H2,1-2H3/t17-/m0/s1. The quantitative estimate of drug-likeness (QED) is 0.859. The van der Waals surface area contributed by atoms with Crippen LogP contribution in [-0.4, -0.2) is 51.6 Å². The maximum absolute atomic E-state index is 12.6. The van der Waals surface area contributed by atoms with E-state index in [1.165, 1.54) is 0 Å². The number of aryl methyl sites for hydroxylation is 3. The van der Waals surface area contributed by atoms with Crippen LogP contribution >= 0.6 is 0 Å². The molecule has 1 atom stereocenters. The molecule has 0 radical (unpaired) electrons. The minimum Gasteiger partial charge on any atom is -0.375 e. The molecule has 1 aliphatic heterocycles. The third kappa shape index (κ3) is 4.14. The van der Waals surface area contributed by atoms with Crippen LogP contribution in [0, 0.1) is 13.8 Å². The SMILES string of the molecule is Cc1cncc(C(=O)N2CCO[C@@H](CCc3cc(C)ncn3)C2)c1. The van der Waals surface area contributed by atoms with Crippen LogP contribution in [0.25, 0.3) is 0 Å². The average molecular weight is 326 g/mol. The highest BCUT2D eigenvalue weighted by Crippen LogP contribution is 2.15. The summed E-state index contributed by atoms with van der Waals surface area (Å²) in [4.78, 5) is 27.0. The fraction of sp³-hybridized carbons (Fsp3) is 0.444. The third-order valence-electron chi connectivity index (χ3n) is 4.13. The molecule has 0 bridgehead atoms. The van der Waals surface area contributed by atoms with Crippen molar-refractivity contribution in [1.29, 1.82) is 0 Å². The van der Waals surface area contributed by atoms with Crippen LogP contribution in [0.15, 0.2) is 30.9 Å². The van der Waals surface area contributed by atoms with E-state index in [9.17, 15) is 4.79 Å². The van der Waals surface area contributed by atoms with Gasteiger partial charge < -0.3 is 9.64 Å². The Kier molecular flexibility index (Phi) is 5.15. The van der Waals surface area contributed by atoms with Gasteiger partial charge in [-0.05, 0) is 44.4 Å². The number of ether oxygens (including phenoxy) is 1. The van der Waals surface area contributed by atoms with Gasteiger partial charge in [0.25, 0.3) is 5.91 Å². The number of carbonyl (C=O) groups is 1. The van der Waals surface area contributed by atoms with Crippen LogP contribution in [0.5, 0.6) is 0 Å². The van der Waals surface area contributed by atoms with E-state index in [4.69, 9.17) is 4.74 Å². The lowest BCUT2D eigenvalue weighted by Gasteiger charge is -2.33. The van der Waals surface area contributed by atoms with Crippen molar-refractivity contribution >= 4 is 5.91 Å². The van der Waals surface area contributed by atoms with Crippen LogP contribution in [0.3, 0.4) is 0 Å². The molecule has 0 saturated carbocycles. The lowest BCUT2D eigenvalue weighted by Crippen LogP contribution is -2.45. The number of rotatable bonds is 4. The Hall–Kier alpha value is -2.34. The van der Waals surface area contributed by atoms with Crippen molar-refractivity contribution in [1.82, 2.24) is 19.9 Å². The summed E-state index contributed by atoms with van der Waals surface area (Å²) >= 11 is 0. The normalized spacial score (nSPS) is 17.8. The Morgan fingerprint density at radius 1 is 1.29 bits per heavy atom. The Labute approximate surface area is 141 Å². The van der Waals surface area contributed by atoms with Gasteiger partial charge in [0.15, 0.2) is 0 Å². The molecule has 0 N–H and O–H groups in total. The number of morpholine rings is 1. The lowest BCUT2D eigenvalue weighted by atomic mass is 10.1. The molecule has 1 fully saturated rings. The zero-order chi connectivity index (χ0) is 16.9. The highest BCUT2D eigenvalue weighted by atomic mass is 16.5. The minimum atomic E-state index is 0.0254. The summed E-state index contributed by atoms with van der Waals surface area (Å²) in [6, 6.07) is 3.87. The summed E-state index contributed by atoms with van der Waals surface area (Å²) in [5.41, 5.74) is 3.61. The summed E-state index contributed by atoms with van der Waals surface area (Å²) in [6.45, 7) is 5.69. The van der Waals surface area contributed by atoms with Crippen molar-refractivity contribution < 1.29 is 9.53 Å². The number of pyridine rings is 1. The van der Waals surface area contributed by atoms with Gasteiger partial charge in [-0.15, -0.1) is 0 Å². The topological polar surface area (TPSA) is 68.2 Å². The fourth-order valence-corrected chi connectivity index (χ4v) is 2.89. The first-order valence-corrected chi connectivity index (χ1v) is 8.22.